The van der Waals surface area contributed by atoms with E-state index in [1.807, 2.05) is 0 Å². The fraction of sp³-hybridized carbons (Fsp3) is 0.381. The van der Waals surface area contributed by atoms with Gasteiger partial charge >= 0.3 is 12.2 Å². The van der Waals surface area contributed by atoms with Crippen LogP contribution in [-0.4, -0.2) is 43.8 Å². The maximum absolute atomic E-state index is 13.7. The molecule has 1 aliphatic rings. The molecule has 2 N–H and O–H groups in total. The SMILES string of the molecule is O=C(NCc1cccc(C(F)(F)F)c1)NCC(c1cccc(F)c1)N1CCOCC1. The number of rotatable bonds is 6. The van der Waals surface area contributed by atoms with E-state index in [4.69, 9.17) is 4.74 Å². The standard InChI is InChI=1S/C21H23F4N3O2/c22-18-6-2-4-16(12-18)19(28-7-9-30-10-8-28)14-27-20(29)26-13-15-3-1-5-17(11-15)21(23,24)25/h1-6,11-12,19H,7-10,13-14H2,(H2,26,27,29). The predicted molar refractivity (Wildman–Crippen MR) is 103 cm³/mol. The Morgan fingerprint density at radius 3 is 2.50 bits per heavy atom. The first-order valence-electron chi connectivity index (χ1n) is 9.58. The van der Waals surface area contributed by atoms with Gasteiger partial charge in [0.25, 0.3) is 0 Å². The number of carbonyl (C=O) groups is 1. The molecule has 9 heteroatoms. The molecule has 162 valence electrons. The molecular weight excluding hydrogens is 402 g/mol. The van der Waals surface area contributed by atoms with Crippen molar-refractivity contribution in [1.82, 2.24) is 15.5 Å². The lowest BCUT2D eigenvalue weighted by atomic mass is 10.0. The number of hydrogen-bond acceptors (Lipinski definition) is 3. The lowest BCUT2D eigenvalue weighted by Crippen LogP contribution is -2.45. The summed E-state index contributed by atoms with van der Waals surface area (Å²) in [6.45, 7) is 2.57. The molecule has 1 fully saturated rings. The van der Waals surface area contributed by atoms with Crippen molar-refractivity contribution in [3.63, 3.8) is 0 Å². The van der Waals surface area contributed by atoms with Crippen LogP contribution in [0.15, 0.2) is 48.5 Å². The summed E-state index contributed by atoms with van der Waals surface area (Å²) in [5.41, 5.74) is 0.311. The van der Waals surface area contributed by atoms with Gasteiger partial charge in [-0.25, -0.2) is 9.18 Å². The fourth-order valence-corrected chi connectivity index (χ4v) is 3.35. The number of carbonyl (C=O) groups excluding carboxylic acids is 1. The van der Waals surface area contributed by atoms with E-state index in [1.165, 1.54) is 24.3 Å². The van der Waals surface area contributed by atoms with Crippen LogP contribution < -0.4 is 10.6 Å². The van der Waals surface area contributed by atoms with Crippen molar-refractivity contribution in [2.24, 2.45) is 0 Å². The largest absolute Gasteiger partial charge is 0.416 e. The molecule has 0 radical (unpaired) electrons. The van der Waals surface area contributed by atoms with Crippen LogP contribution in [0.1, 0.15) is 22.7 Å². The lowest BCUT2D eigenvalue weighted by molar-refractivity contribution is -0.137. The van der Waals surface area contributed by atoms with E-state index in [1.54, 1.807) is 12.1 Å². The first kappa shape index (κ1) is 22.0. The van der Waals surface area contributed by atoms with E-state index in [0.29, 0.717) is 31.9 Å². The Bertz CT molecular complexity index is 854. The van der Waals surface area contributed by atoms with E-state index in [9.17, 15) is 22.4 Å². The van der Waals surface area contributed by atoms with Gasteiger partial charge in [-0.3, -0.25) is 4.90 Å². The summed E-state index contributed by atoms with van der Waals surface area (Å²) in [5.74, 6) is -0.361. The van der Waals surface area contributed by atoms with Crippen molar-refractivity contribution in [2.75, 3.05) is 32.8 Å². The highest BCUT2D eigenvalue weighted by Crippen LogP contribution is 2.29. The molecule has 1 unspecified atom stereocenters. The average Bonchev–Trinajstić information content (AvgIpc) is 2.73. The van der Waals surface area contributed by atoms with E-state index in [0.717, 1.165) is 17.7 Å². The van der Waals surface area contributed by atoms with Gasteiger partial charge in [0.05, 0.1) is 24.8 Å². The van der Waals surface area contributed by atoms with Crippen LogP contribution in [0.25, 0.3) is 0 Å². The minimum Gasteiger partial charge on any atom is -0.379 e. The number of ether oxygens (including phenoxy) is 1. The number of alkyl halides is 3. The quantitative estimate of drug-likeness (QED) is 0.694. The first-order valence-corrected chi connectivity index (χ1v) is 9.58. The number of morpholine rings is 1. The molecule has 1 atom stereocenters. The van der Waals surface area contributed by atoms with Crippen molar-refractivity contribution in [1.29, 1.82) is 0 Å². The minimum atomic E-state index is -4.44. The molecule has 2 amide bonds. The molecule has 2 aromatic rings. The number of nitrogens with one attached hydrogen (secondary N) is 2. The molecule has 0 spiro atoms. The topological polar surface area (TPSA) is 53.6 Å². The Kier molecular flexibility index (Phi) is 7.28. The van der Waals surface area contributed by atoms with Crippen molar-refractivity contribution in [3.05, 3.63) is 71.0 Å². The van der Waals surface area contributed by atoms with Crippen LogP contribution in [0, 0.1) is 5.82 Å². The van der Waals surface area contributed by atoms with Crippen LogP contribution in [0.5, 0.6) is 0 Å². The summed E-state index contributed by atoms with van der Waals surface area (Å²) in [6, 6.07) is 10.2. The predicted octanol–water partition coefficient (Wildman–Crippen LogP) is 3.72. The third kappa shape index (κ3) is 6.17. The molecule has 30 heavy (non-hydrogen) atoms. The zero-order valence-electron chi connectivity index (χ0n) is 16.2. The van der Waals surface area contributed by atoms with Gasteiger partial charge in [-0.2, -0.15) is 13.2 Å². The molecule has 2 aromatic carbocycles. The van der Waals surface area contributed by atoms with Gasteiger partial charge in [-0.15, -0.1) is 0 Å². The van der Waals surface area contributed by atoms with E-state index >= 15 is 0 Å². The fourth-order valence-electron chi connectivity index (χ4n) is 3.35. The van der Waals surface area contributed by atoms with Gasteiger partial charge in [0.1, 0.15) is 5.82 Å². The first-order chi connectivity index (χ1) is 14.3. The number of halogens is 4. The molecule has 0 saturated carbocycles. The Morgan fingerprint density at radius 2 is 1.80 bits per heavy atom. The summed E-state index contributed by atoms with van der Waals surface area (Å²) in [5, 5.41) is 5.30. The van der Waals surface area contributed by atoms with E-state index in [2.05, 4.69) is 15.5 Å². The molecule has 1 saturated heterocycles. The number of benzene rings is 2. The van der Waals surface area contributed by atoms with Crippen LogP contribution in [0.2, 0.25) is 0 Å². The maximum Gasteiger partial charge on any atom is 0.416 e. The van der Waals surface area contributed by atoms with Gasteiger partial charge in [-0.05, 0) is 35.4 Å². The Balaban J connectivity index is 1.59. The van der Waals surface area contributed by atoms with Gasteiger partial charge in [0.2, 0.25) is 0 Å². The average molecular weight is 425 g/mol. The summed E-state index contributed by atoms with van der Waals surface area (Å²) in [6.07, 6.45) is -4.44. The third-order valence-corrected chi connectivity index (χ3v) is 4.88. The molecule has 3 rings (SSSR count). The molecule has 5 nitrogen and oxygen atoms in total. The number of hydrogen-bond donors (Lipinski definition) is 2. The zero-order chi connectivity index (χ0) is 21.6. The summed E-state index contributed by atoms with van der Waals surface area (Å²) >= 11 is 0. The maximum atomic E-state index is 13.7. The second kappa shape index (κ2) is 9.90. The zero-order valence-corrected chi connectivity index (χ0v) is 16.2. The van der Waals surface area contributed by atoms with Crippen LogP contribution in [-0.2, 0) is 17.5 Å². The molecule has 0 bridgehead atoms. The minimum absolute atomic E-state index is 0.0437. The van der Waals surface area contributed by atoms with Crippen molar-refractivity contribution < 1.29 is 27.1 Å². The van der Waals surface area contributed by atoms with Crippen molar-refractivity contribution in [2.45, 2.75) is 18.8 Å². The molecule has 1 heterocycles. The van der Waals surface area contributed by atoms with Gasteiger partial charge in [0, 0.05) is 26.2 Å². The van der Waals surface area contributed by atoms with E-state index in [-0.39, 0.29) is 24.9 Å². The Hall–Kier alpha value is -2.65. The molecular formula is C21H23F4N3O2. The summed E-state index contributed by atoms with van der Waals surface area (Å²) in [4.78, 5) is 14.3. The number of amides is 2. The van der Waals surface area contributed by atoms with Crippen LogP contribution in [0.4, 0.5) is 22.4 Å². The van der Waals surface area contributed by atoms with Crippen LogP contribution >= 0.6 is 0 Å². The van der Waals surface area contributed by atoms with Crippen molar-refractivity contribution in [3.8, 4) is 0 Å². The Morgan fingerprint density at radius 1 is 1.07 bits per heavy atom. The second-order valence-electron chi connectivity index (χ2n) is 6.98. The molecule has 0 aromatic heterocycles. The summed E-state index contributed by atoms with van der Waals surface area (Å²) in [7, 11) is 0. The number of nitrogens with zero attached hydrogens (tertiary/aromatic N) is 1. The second-order valence-corrected chi connectivity index (χ2v) is 6.98. The van der Waals surface area contributed by atoms with Gasteiger partial charge in [-0.1, -0.05) is 24.3 Å². The monoisotopic (exact) mass is 425 g/mol. The molecule has 1 aliphatic heterocycles. The van der Waals surface area contributed by atoms with Crippen LogP contribution in [0.3, 0.4) is 0 Å². The van der Waals surface area contributed by atoms with Crippen molar-refractivity contribution >= 4 is 6.03 Å². The van der Waals surface area contributed by atoms with Gasteiger partial charge < -0.3 is 15.4 Å². The lowest BCUT2D eigenvalue weighted by Gasteiger charge is -2.35. The highest BCUT2D eigenvalue weighted by Gasteiger charge is 2.30. The normalized spacial score (nSPS) is 16.1. The smallest absolute Gasteiger partial charge is 0.379 e. The third-order valence-electron chi connectivity index (χ3n) is 4.88. The number of urea groups is 1. The summed E-state index contributed by atoms with van der Waals surface area (Å²) < 4.78 is 57.5. The highest BCUT2D eigenvalue weighted by atomic mass is 19.4. The van der Waals surface area contributed by atoms with E-state index < -0.39 is 17.8 Å². The van der Waals surface area contributed by atoms with Gasteiger partial charge in [0.15, 0.2) is 0 Å². The highest BCUT2D eigenvalue weighted by molar-refractivity contribution is 5.73. The molecule has 0 aliphatic carbocycles. The Labute approximate surface area is 172 Å².